The minimum atomic E-state index is -4.15. The maximum atomic E-state index is 13.2. The molecule has 0 saturated heterocycles. The molecule has 11 heteroatoms. The van der Waals surface area contributed by atoms with Gasteiger partial charge in [-0.3, -0.25) is 14.6 Å². The van der Waals surface area contributed by atoms with Gasteiger partial charge in [0.2, 0.25) is 5.78 Å². The van der Waals surface area contributed by atoms with E-state index in [1.54, 1.807) is 6.92 Å². The first-order valence-corrected chi connectivity index (χ1v) is 10.8. The average molecular weight is 460 g/mol. The number of H-pyrrole nitrogens is 1. The summed E-state index contributed by atoms with van der Waals surface area (Å²) < 4.78 is 41.4. The first-order valence-electron chi connectivity index (χ1n) is 8.97. The second-order valence-corrected chi connectivity index (χ2v) is 8.82. The van der Waals surface area contributed by atoms with Gasteiger partial charge in [-0.05, 0) is 42.3 Å². The molecule has 3 heterocycles. The standard InChI is InChI=1S/C20H15ClFN5O3S/c1-11-2-3-14(6-12(11)8-22)31(29,30)27-17-7-13(21)9-24-18(17)19(28)15-4-5-23-20-16(15)10-25-26-20/h2-7,9-10,27H,8H2,1H3,(H,23,25,26). The number of aromatic nitrogens is 4. The molecule has 8 nitrogen and oxygen atoms in total. The highest BCUT2D eigenvalue weighted by atomic mass is 35.5. The van der Waals surface area contributed by atoms with Gasteiger partial charge in [0.05, 0.1) is 21.8 Å². The fourth-order valence-corrected chi connectivity index (χ4v) is 4.30. The zero-order valence-corrected chi connectivity index (χ0v) is 17.6. The number of nitrogens with zero attached hydrogens (tertiary/aromatic N) is 3. The minimum absolute atomic E-state index is 0.103. The van der Waals surface area contributed by atoms with E-state index in [2.05, 4.69) is 24.9 Å². The third-order valence-electron chi connectivity index (χ3n) is 4.69. The summed E-state index contributed by atoms with van der Waals surface area (Å²) in [5.41, 5.74) is 1.27. The van der Waals surface area contributed by atoms with Crippen molar-refractivity contribution < 1.29 is 17.6 Å². The summed E-state index contributed by atoms with van der Waals surface area (Å²) in [6.07, 6.45) is 4.12. The largest absolute Gasteiger partial charge is 0.287 e. The molecule has 0 amide bonds. The van der Waals surface area contributed by atoms with E-state index in [9.17, 15) is 17.6 Å². The van der Waals surface area contributed by atoms with Crippen molar-refractivity contribution >= 4 is 44.1 Å². The smallest absolute Gasteiger partial charge is 0.261 e. The molecule has 2 N–H and O–H groups in total. The number of carbonyl (C=O) groups excluding carboxylic acids is 1. The predicted molar refractivity (Wildman–Crippen MR) is 113 cm³/mol. The van der Waals surface area contributed by atoms with Crippen LogP contribution in [0.1, 0.15) is 27.2 Å². The third kappa shape index (κ3) is 3.99. The van der Waals surface area contributed by atoms with Crippen molar-refractivity contribution in [3.8, 4) is 0 Å². The van der Waals surface area contributed by atoms with Crippen LogP contribution >= 0.6 is 11.6 Å². The van der Waals surface area contributed by atoms with Crippen molar-refractivity contribution in [2.75, 3.05) is 4.72 Å². The van der Waals surface area contributed by atoms with Crippen molar-refractivity contribution in [3.63, 3.8) is 0 Å². The molecule has 158 valence electrons. The Morgan fingerprint density at radius 1 is 1.19 bits per heavy atom. The van der Waals surface area contributed by atoms with Crippen LogP contribution < -0.4 is 4.72 Å². The van der Waals surface area contributed by atoms with E-state index in [4.69, 9.17) is 11.6 Å². The normalized spacial score (nSPS) is 11.6. The lowest BCUT2D eigenvalue weighted by atomic mass is 10.1. The summed E-state index contributed by atoms with van der Waals surface area (Å²) >= 11 is 6.01. The van der Waals surface area contributed by atoms with E-state index in [-0.39, 0.29) is 32.4 Å². The van der Waals surface area contributed by atoms with E-state index in [0.717, 1.165) is 0 Å². The van der Waals surface area contributed by atoms with Gasteiger partial charge in [0.15, 0.2) is 5.65 Å². The predicted octanol–water partition coefficient (Wildman–Crippen LogP) is 3.82. The van der Waals surface area contributed by atoms with Gasteiger partial charge in [-0.2, -0.15) is 5.10 Å². The van der Waals surface area contributed by atoms with Crippen LogP contribution in [-0.2, 0) is 16.7 Å². The summed E-state index contributed by atoms with van der Waals surface area (Å²) in [5.74, 6) is -0.545. The number of alkyl halides is 1. The fraction of sp³-hybridized carbons (Fsp3) is 0.100. The molecule has 4 rings (SSSR count). The van der Waals surface area contributed by atoms with Gasteiger partial charge in [0, 0.05) is 23.3 Å². The molecule has 3 aromatic heterocycles. The molecule has 4 aromatic rings. The summed E-state index contributed by atoms with van der Waals surface area (Å²) in [4.78, 5) is 21.2. The summed E-state index contributed by atoms with van der Waals surface area (Å²) in [7, 11) is -4.15. The van der Waals surface area contributed by atoms with Crippen LogP contribution in [0.15, 0.2) is 53.8 Å². The van der Waals surface area contributed by atoms with Crippen molar-refractivity contribution in [2.24, 2.45) is 0 Å². The lowest BCUT2D eigenvalue weighted by molar-refractivity contribution is 0.103. The number of halogens is 2. The van der Waals surface area contributed by atoms with Crippen molar-refractivity contribution in [1.29, 1.82) is 0 Å². The summed E-state index contributed by atoms with van der Waals surface area (Å²) in [6.45, 7) is 0.877. The minimum Gasteiger partial charge on any atom is -0.287 e. The number of rotatable bonds is 6. The molecular formula is C20H15ClFN5O3S. The monoisotopic (exact) mass is 459 g/mol. The van der Waals surface area contributed by atoms with E-state index in [1.165, 1.54) is 48.9 Å². The number of hydrogen-bond donors (Lipinski definition) is 2. The molecule has 0 aliphatic rings. The zero-order chi connectivity index (χ0) is 22.2. The number of carbonyl (C=O) groups is 1. The molecular weight excluding hydrogens is 445 g/mol. The van der Waals surface area contributed by atoms with Gasteiger partial charge in [-0.15, -0.1) is 0 Å². The number of fused-ring (bicyclic) bond motifs is 1. The summed E-state index contributed by atoms with van der Waals surface area (Å²) in [6, 6.07) is 6.89. The Morgan fingerprint density at radius 3 is 2.77 bits per heavy atom. The number of sulfonamides is 1. The van der Waals surface area contributed by atoms with Crippen molar-refractivity contribution in [3.05, 3.63) is 76.3 Å². The number of nitrogens with one attached hydrogen (secondary N) is 2. The average Bonchev–Trinajstić information content (AvgIpc) is 3.22. The molecule has 0 spiro atoms. The van der Waals surface area contributed by atoms with Gasteiger partial charge < -0.3 is 0 Å². The third-order valence-corrected chi connectivity index (χ3v) is 6.26. The van der Waals surface area contributed by atoms with E-state index in [0.29, 0.717) is 16.6 Å². The molecule has 0 saturated carbocycles. The summed E-state index contributed by atoms with van der Waals surface area (Å²) in [5, 5.41) is 7.13. The van der Waals surface area contributed by atoms with Gasteiger partial charge in [0.1, 0.15) is 12.4 Å². The molecule has 1 aromatic carbocycles. The Morgan fingerprint density at radius 2 is 2.00 bits per heavy atom. The Bertz CT molecular complexity index is 1420. The number of hydrogen-bond acceptors (Lipinski definition) is 6. The number of aryl methyl sites for hydroxylation is 1. The molecule has 0 atom stereocenters. The Kier molecular flexibility index (Phi) is 5.42. The van der Waals surface area contributed by atoms with Crippen LogP contribution in [0.2, 0.25) is 5.02 Å². The molecule has 0 fully saturated rings. The highest BCUT2D eigenvalue weighted by molar-refractivity contribution is 7.92. The number of pyridine rings is 2. The van der Waals surface area contributed by atoms with E-state index >= 15 is 0 Å². The molecule has 31 heavy (non-hydrogen) atoms. The van der Waals surface area contributed by atoms with E-state index < -0.39 is 22.5 Å². The maximum Gasteiger partial charge on any atom is 0.261 e. The second-order valence-electron chi connectivity index (χ2n) is 6.70. The highest BCUT2D eigenvalue weighted by Gasteiger charge is 2.23. The molecule has 0 bridgehead atoms. The molecule has 0 aliphatic carbocycles. The van der Waals surface area contributed by atoms with E-state index in [1.807, 2.05) is 0 Å². The van der Waals surface area contributed by atoms with Gasteiger partial charge in [-0.25, -0.2) is 22.8 Å². The number of aromatic amines is 1. The molecule has 0 radical (unpaired) electrons. The number of ketones is 1. The van der Waals surface area contributed by atoms with Crippen LogP contribution in [0.25, 0.3) is 11.0 Å². The highest BCUT2D eigenvalue weighted by Crippen LogP contribution is 2.27. The maximum absolute atomic E-state index is 13.2. The number of benzene rings is 1. The Hall–Kier alpha value is -3.37. The first kappa shape index (κ1) is 20.9. The lowest BCUT2D eigenvalue weighted by Crippen LogP contribution is -2.17. The Labute approximate surface area is 181 Å². The van der Waals surface area contributed by atoms with Crippen LogP contribution in [0.4, 0.5) is 10.1 Å². The molecule has 0 aliphatic heterocycles. The van der Waals surface area contributed by atoms with Gasteiger partial charge in [-0.1, -0.05) is 17.7 Å². The SMILES string of the molecule is Cc1ccc(S(=O)(=O)Nc2cc(Cl)cnc2C(=O)c2ccnc3[nH]ncc23)cc1CF. The van der Waals surface area contributed by atoms with Crippen LogP contribution in [-0.4, -0.2) is 34.4 Å². The topological polar surface area (TPSA) is 118 Å². The quantitative estimate of drug-likeness (QED) is 0.423. The van der Waals surface area contributed by atoms with Crippen LogP contribution in [0.3, 0.4) is 0 Å². The second kappa shape index (κ2) is 8.05. The van der Waals surface area contributed by atoms with Gasteiger partial charge >= 0.3 is 0 Å². The van der Waals surface area contributed by atoms with Crippen molar-refractivity contribution in [2.45, 2.75) is 18.5 Å². The van der Waals surface area contributed by atoms with Crippen LogP contribution in [0.5, 0.6) is 0 Å². The fourth-order valence-electron chi connectivity index (χ4n) is 3.04. The van der Waals surface area contributed by atoms with Crippen LogP contribution in [0, 0.1) is 6.92 Å². The Balaban J connectivity index is 1.77. The van der Waals surface area contributed by atoms with Crippen molar-refractivity contribution in [1.82, 2.24) is 20.2 Å². The zero-order valence-electron chi connectivity index (χ0n) is 16.1. The first-order chi connectivity index (χ1) is 14.8. The number of anilines is 1. The lowest BCUT2D eigenvalue weighted by Gasteiger charge is -2.13. The van der Waals surface area contributed by atoms with Gasteiger partial charge in [0.25, 0.3) is 10.0 Å². The molecule has 0 unspecified atom stereocenters.